The molecule has 23 heavy (non-hydrogen) atoms. The van der Waals surface area contributed by atoms with Crippen LogP contribution in [0.4, 0.5) is 11.6 Å². The predicted octanol–water partition coefficient (Wildman–Crippen LogP) is 2.47. The van der Waals surface area contributed by atoms with Gasteiger partial charge in [-0.1, -0.05) is 0 Å². The van der Waals surface area contributed by atoms with Gasteiger partial charge >= 0.3 is 5.88 Å². The van der Waals surface area contributed by atoms with Gasteiger partial charge in [-0.05, 0) is 6.07 Å². The predicted molar refractivity (Wildman–Crippen MR) is 79.4 cm³/mol. The van der Waals surface area contributed by atoms with Crippen LogP contribution < -0.4 is 19.5 Å². The Morgan fingerprint density at radius 3 is 2.17 bits per heavy atom. The van der Waals surface area contributed by atoms with Gasteiger partial charge in [0.05, 0.1) is 27.4 Å². The Bertz CT molecular complexity index is 713. The van der Waals surface area contributed by atoms with Gasteiger partial charge in [-0.25, -0.2) is 0 Å². The molecule has 2 aromatic rings. The molecule has 1 amide bonds. The van der Waals surface area contributed by atoms with Crippen LogP contribution in [-0.2, 0) is 0 Å². The van der Waals surface area contributed by atoms with Crippen molar-refractivity contribution >= 4 is 17.5 Å². The number of furan rings is 1. The van der Waals surface area contributed by atoms with E-state index >= 15 is 0 Å². The molecule has 1 heterocycles. The monoisotopic (exact) mass is 322 g/mol. The summed E-state index contributed by atoms with van der Waals surface area (Å²) in [6.07, 6.45) is 0. The van der Waals surface area contributed by atoms with Gasteiger partial charge in [0, 0.05) is 17.8 Å². The van der Waals surface area contributed by atoms with Crippen molar-refractivity contribution < 1.29 is 28.3 Å². The molecule has 0 atom stereocenters. The molecule has 9 heteroatoms. The molecule has 0 fully saturated rings. The zero-order valence-electron chi connectivity index (χ0n) is 12.6. The molecule has 1 aromatic heterocycles. The van der Waals surface area contributed by atoms with Gasteiger partial charge in [0.2, 0.25) is 5.75 Å². The van der Waals surface area contributed by atoms with Crippen LogP contribution in [0.1, 0.15) is 10.6 Å². The number of nitro groups is 1. The van der Waals surface area contributed by atoms with E-state index in [2.05, 4.69) is 5.32 Å². The summed E-state index contributed by atoms with van der Waals surface area (Å²) in [4.78, 5) is 21.9. The van der Waals surface area contributed by atoms with Crippen molar-refractivity contribution in [2.75, 3.05) is 26.6 Å². The minimum absolute atomic E-state index is 0.189. The van der Waals surface area contributed by atoms with Crippen molar-refractivity contribution in [1.82, 2.24) is 0 Å². The van der Waals surface area contributed by atoms with Gasteiger partial charge in [-0.2, -0.15) is 0 Å². The van der Waals surface area contributed by atoms with Crippen LogP contribution in [0.25, 0.3) is 0 Å². The van der Waals surface area contributed by atoms with Crippen LogP contribution >= 0.6 is 0 Å². The number of nitrogens with zero attached hydrogens (tertiary/aromatic N) is 1. The highest BCUT2D eigenvalue weighted by atomic mass is 16.6. The van der Waals surface area contributed by atoms with Crippen LogP contribution in [0.5, 0.6) is 17.2 Å². The van der Waals surface area contributed by atoms with Crippen molar-refractivity contribution in [2.24, 2.45) is 0 Å². The number of methoxy groups -OCH3 is 3. The number of rotatable bonds is 6. The number of nitrogens with one attached hydrogen (secondary N) is 1. The zero-order valence-corrected chi connectivity index (χ0v) is 12.6. The topological polar surface area (TPSA) is 113 Å². The Morgan fingerprint density at radius 2 is 1.74 bits per heavy atom. The maximum absolute atomic E-state index is 12.1. The molecule has 9 nitrogen and oxygen atoms in total. The van der Waals surface area contributed by atoms with E-state index < -0.39 is 16.7 Å². The Balaban J connectivity index is 2.28. The van der Waals surface area contributed by atoms with E-state index in [1.165, 1.54) is 39.5 Å². The van der Waals surface area contributed by atoms with Gasteiger partial charge < -0.3 is 23.9 Å². The number of carbonyl (C=O) groups is 1. The quantitative estimate of drug-likeness (QED) is 0.642. The third kappa shape index (κ3) is 3.34. The van der Waals surface area contributed by atoms with Gasteiger partial charge in [-0.3, -0.25) is 14.9 Å². The van der Waals surface area contributed by atoms with Crippen molar-refractivity contribution in [1.29, 1.82) is 0 Å². The Morgan fingerprint density at radius 1 is 1.13 bits per heavy atom. The first-order valence-corrected chi connectivity index (χ1v) is 6.35. The van der Waals surface area contributed by atoms with Gasteiger partial charge in [0.1, 0.15) is 4.92 Å². The van der Waals surface area contributed by atoms with Crippen molar-refractivity contribution in [2.45, 2.75) is 0 Å². The fourth-order valence-electron chi connectivity index (χ4n) is 1.89. The summed E-state index contributed by atoms with van der Waals surface area (Å²) in [5.74, 6) is -0.264. The number of amides is 1. The van der Waals surface area contributed by atoms with E-state index in [0.29, 0.717) is 22.9 Å². The summed E-state index contributed by atoms with van der Waals surface area (Å²) >= 11 is 0. The molecule has 0 spiro atoms. The highest BCUT2D eigenvalue weighted by molar-refractivity contribution is 6.02. The standard InChI is InChI=1S/C14H14N2O7/c1-20-10-6-8(7-11(21-2)13(10)22-3)15-14(17)9-4-5-12(23-9)16(18)19/h4-7H,1-3H3,(H,15,17). The second-order valence-electron chi connectivity index (χ2n) is 4.26. The largest absolute Gasteiger partial charge is 0.493 e. The number of benzene rings is 1. The normalized spacial score (nSPS) is 10.0. The maximum atomic E-state index is 12.1. The average molecular weight is 322 g/mol. The second-order valence-corrected chi connectivity index (χ2v) is 4.26. The molecule has 0 unspecified atom stereocenters. The molecule has 1 N–H and O–H groups in total. The van der Waals surface area contributed by atoms with E-state index in [1.54, 1.807) is 0 Å². The maximum Gasteiger partial charge on any atom is 0.433 e. The molecule has 0 saturated heterocycles. The lowest BCUT2D eigenvalue weighted by molar-refractivity contribution is -0.402. The smallest absolute Gasteiger partial charge is 0.433 e. The number of carbonyl (C=O) groups excluding carboxylic acids is 1. The van der Waals surface area contributed by atoms with Crippen LogP contribution in [-0.4, -0.2) is 32.2 Å². The molecule has 1 aromatic carbocycles. The lowest BCUT2D eigenvalue weighted by Gasteiger charge is -2.14. The Labute approximate surface area is 130 Å². The van der Waals surface area contributed by atoms with Crippen molar-refractivity contribution in [3.05, 3.63) is 40.1 Å². The van der Waals surface area contributed by atoms with E-state index in [-0.39, 0.29) is 5.76 Å². The molecule has 122 valence electrons. The first-order valence-electron chi connectivity index (χ1n) is 6.35. The number of hydrogen-bond donors (Lipinski definition) is 1. The highest BCUT2D eigenvalue weighted by Gasteiger charge is 2.19. The summed E-state index contributed by atoms with van der Waals surface area (Å²) in [6, 6.07) is 5.36. The molecule has 0 bridgehead atoms. The van der Waals surface area contributed by atoms with Gasteiger partial charge in [0.25, 0.3) is 5.91 Å². The third-order valence-corrected chi connectivity index (χ3v) is 2.92. The first-order chi connectivity index (χ1) is 11.0. The van der Waals surface area contributed by atoms with Gasteiger partial charge in [0.15, 0.2) is 17.3 Å². The highest BCUT2D eigenvalue weighted by Crippen LogP contribution is 2.40. The van der Waals surface area contributed by atoms with E-state index in [4.69, 9.17) is 18.6 Å². The minimum atomic E-state index is -0.726. The number of ether oxygens (including phenoxy) is 3. The van der Waals surface area contributed by atoms with E-state index in [0.717, 1.165) is 6.07 Å². The molecule has 0 aliphatic heterocycles. The van der Waals surface area contributed by atoms with Crippen molar-refractivity contribution in [3.8, 4) is 17.2 Å². The summed E-state index contributed by atoms with van der Waals surface area (Å²) < 4.78 is 20.4. The van der Waals surface area contributed by atoms with Gasteiger partial charge in [-0.15, -0.1) is 0 Å². The molecular weight excluding hydrogens is 308 g/mol. The summed E-state index contributed by atoms with van der Waals surface area (Å²) in [5.41, 5.74) is 0.351. The van der Waals surface area contributed by atoms with Crippen LogP contribution in [0.15, 0.2) is 28.7 Å². The first kappa shape index (κ1) is 16.1. The Hall–Kier alpha value is -3.23. The number of hydrogen-bond acceptors (Lipinski definition) is 7. The summed E-state index contributed by atoms with van der Waals surface area (Å²) in [5, 5.41) is 13.1. The lowest BCUT2D eigenvalue weighted by atomic mass is 10.2. The SMILES string of the molecule is COc1cc(NC(=O)c2ccc([N+](=O)[O-])o2)cc(OC)c1OC. The number of anilines is 1. The molecule has 0 aliphatic carbocycles. The van der Waals surface area contributed by atoms with Crippen molar-refractivity contribution in [3.63, 3.8) is 0 Å². The minimum Gasteiger partial charge on any atom is -0.493 e. The van der Waals surface area contributed by atoms with E-state index in [9.17, 15) is 14.9 Å². The molecule has 0 saturated carbocycles. The molecule has 0 aliphatic rings. The fourth-order valence-corrected chi connectivity index (χ4v) is 1.89. The van der Waals surface area contributed by atoms with Crippen LogP contribution in [0.3, 0.4) is 0 Å². The average Bonchev–Trinajstić information content (AvgIpc) is 3.04. The van der Waals surface area contributed by atoms with Crippen LogP contribution in [0, 0.1) is 10.1 Å². The summed E-state index contributed by atoms with van der Waals surface area (Å²) in [6.45, 7) is 0. The lowest BCUT2D eigenvalue weighted by Crippen LogP contribution is -2.11. The fraction of sp³-hybridized carbons (Fsp3) is 0.214. The van der Waals surface area contributed by atoms with E-state index in [1.807, 2.05) is 0 Å². The zero-order chi connectivity index (χ0) is 17.0. The molecule has 2 rings (SSSR count). The molecule has 0 radical (unpaired) electrons. The summed E-state index contributed by atoms with van der Waals surface area (Å²) in [7, 11) is 4.35. The molecular formula is C14H14N2O7. The second kappa shape index (κ2) is 6.69. The van der Waals surface area contributed by atoms with Crippen LogP contribution in [0.2, 0.25) is 0 Å². The Kier molecular flexibility index (Phi) is 4.69. The third-order valence-electron chi connectivity index (χ3n) is 2.92.